The lowest BCUT2D eigenvalue weighted by molar-refractivity contribution is -0.217. The minimum absolute atomic E-state index is 0.191. The Morgan fingerprint density at radius 3 is 2.14 bits per heavy atom. The van der Waals surface area contributed by atoms with E-state index in [1.54, 1.807) is 0 Å². The summed E-state index contributed by atoms with van der Waals surface area (Å²) in [5, 5.41) is 0. The fourth-order valence-corrected chi connectivity index (χ4v) is 0.179. The van der Waals surface area contributed by atoms with Gasteiger partial charge in [0.25, 0.3) is 0 Å². The van der Waals surface area contributed by atoms with Crippen molar-refractivity contribution in [3.8, 4) is 0 Å². The third-order valence-corrected chi connectivity index (χ3v) is 0.356. The monoisotopic (exact) mass is 109 g/mol. The van der Waals surface area contributed by atoms with Crippen LogP contribution in [-0.4, -0.2) is 12.7 Å². The van der Waals surface area contributed by atoms with Gasteiger partial charge in [-0.05, 0) is 6.92 Å². The summed E-state index contributed by atoms with van der Waals surface area (Å²) in [5.74, 6) is 0. The minimum atomic E-state index is -3.01. The zero-order valence-corrected chi connectivity index (χ0v) is 4.08. The first-order chi connectivity index (χ1) is 3.06. The molecule has 0 spiro atoms. The smallest absolute Gasteiger partial charge is 0.321 e. The molecule has 0 heterocycles. The summed E-state index contributed by atoms with van der Waals surface area (Å²) < 4.78 is 26.7. The molecule has 1 nitrogen and oxygen atoms in total. The van der Waals surface area contributed by atoms with Crippen molar-refractivity contribution in [2.24, 2.45) is 0 Å². The molecule has 0 aliphatic rings. The van der Waals surface area contributed by atoms with E-state index in [-0.39, 0.29) is 6.61 Å². The second-order valence-electron chi connectivity index (χ2n) is 1.16. The van der Waals surface area contributed by atoms with E-state index in [2.05, 4.69) is 11.7 Å². The third kappa shape index (κ3) is 5.82. The van der Waals surface area contributed by atoms with Gasteiger partial charge in [-0.15, -0.1) is 0 Å². The van der Waals surface area contributed by atoms with Crippen LogP contribution in [0.15, 0.2) is 0 Å². The molecule has 0 fully saturated rings. The number of rotatable bonds is 2. The minimum Gasteiger partial charge on any atom is -0.321 e. The van der Waals surface area contributed by atoms with Crippen LogP contribution in [0, 0.1) is 6.92 Å². The molecule has 0 aliphatic carbocycles. The van der Waals surface area contributed by atoms with Gasteiger partial charge in [-0.2, -0.15) is 8.78 Å². The van der Waals surface area contributed by atoms with Gasteiger partial charge < -0.3 is 4.74 Å². The number of hydrogen-bond donors (Lipinski definition) is 0. The summed E-state index contributed by atoms with van der Waals surface area (Å²) in [7, 11) is 0. The maximum atomic E-state index is 11.5. The molecule has 0 aliphatic heterocycles. The molecule has 0 N–H and O–H groups in total. The van der Waals surface area contributed by atoms with E-state index in [4.69, 9.17) is 0 Å². The van der Waals surface area contributed by atoms with Gasteiger partial charge in [0.15, 0.2) is 0 Å². The molecular formula is C4H7F2O. The Hall–Kier alpha value is -0.180. The predicted molar refractivity (Wildman–Crippen MR) is 21.9 cm³/mol. The lowest BCUT2D eigenvalue weighted by Crippen LogP contribution is -2.14. The number of ether oxygens (including phenoxy) is 1. The van der Waals surface area contributed by atoms with Crippen LogP contribution < -0.4 is 0 Å². The molecule has 0 rings (SSSR count). The SMILES string of the molecule is [CH2]COC(C)(F)F. The summed E-state index contributed by atoms with van der Waals surface area (Å²) in [5.41, 5.74) is 0. The van der Waals surface area contributed by atoms with E-state index in [0.29, 0.717) is 6.92 Å². The predicted octanol–water partition coefficient (Wildman–Crippen LogP) is 1.45. The normalized spacial score (nSPS) is 12.0. The first-order valence-electron chi connectivity index (χ1n) is 1.87. The van der Waals surface area contributed by atoms with Gasteiger partial charge in [-0.3, -0.25) is 0 Å². The van der Waals surface area contributed by atoms with Crippen molar-refractivity contribution in [3.63, 3.8) is 0 Å². The molecule has 0 atom stereocenters. The Bertz CT molecular complexity index is 48.1. The molecule has 0 bridgehead atoms. The van der Waals surface area contributed by atoms with E-state index in [1.807, 2.05) is 0 Å². The lowest BCUT2D eigenvalue weighted by Gasteiger charge is -2.07. The first kappa shape index (κ1) is 6.82. The van der Waals surface area contributed by atoms with Gasteiger partial charge in [0.1, 0.15) is 0 Å². The van der Waals surface area contributed by atoms with Gasteiger partial charge >= 0.3 is 6.11 Å². The summed E-state index contributed by atoms with van der Waals surface area (Å²) in [6.45, 7) is 3.56. The van der Waals surface area contributed by atoms with Crippen LogP contribution in [0.4, 0.5) is 8.78 Å². The average molecular weight is 109 g/mol. The van der Waals surface area contributed by atoms with Gasteiger partial charge in [0.05, 0.1) is 6.61 Å². The first-order valence-corrected chi connectivity index (χ1v) is 1.87. The molecule has 0 saturated heterocycles. The van der Waals surface area contributed by atoms with E-state index in [0.717, 1.165) is 0 Å². The van der Waals surface area contributed by atoms with Crippen molar-refractivity contribution in [1.29, 1.82) is 0 Å². The third-order valence-electron chi connectivity index (χ3n) is 0.356. The van der Waals surface area contributed by atoms with Crippen LogP contribution >= 0.6 is 0 Å². The molecule has 1 radical (unpaired) electrons. The van der Waals surface area contributed by atoms with Gasteiger partial charge in [-0.25, -0.2) is 0 Å². The van der Waals surface area contributed by atoms with Crippen molar-refractivity contribution in [1.82, 2.24) is 0 Å². The number of alkyl halides is 2. The summed E-state index contributed by atoms with van der Waals surface area (Å²) in [4.78, 5) is 0. The zero-order valence-electron chi connectivity index (χ0n) is 4.08. The van der Waals surface area contributed by atoms with Gasteiger partial charge in [0, 0.05) is 6.92 Å². The van der Waals surface area contributed by atoms with Crippen LogP contribution in [0.1, 0.15) is 6.92 Å². The standard InChI is InChI=1S/C4H7F2O/c1-3-7-4(2,5)6/h1,3H2,2H3. The summed E-state index contributed by atoms with van der Waals surface area (Å²) >= 11 is 0. The molecule has 3 heteroatoms. The second kappa shape index (κ2) is 2.21. The second-order valence-corrected chi connectivity index (χ2v) is 1.16. The molecule has 0 aromatic heterocycles. The van der Waals surface area contributed by atoms with Crippen molar-refractivity contribution in [2.75, 3.05) is 6.61 Å². The van der Waals surface area contributed by atoms with Crippen molar-refractivity contribution in [2.45, 2.75) is 13.0 Å². The van der Waals surface area contributed by atoms with E-state index < -0.39 is 6.11 Å². The van der Waals surface area contributed by atoms with Crippen LogP contribution in [0.3, 0.4) is 0 Å². The maximum Gasteiger partial charge on any atom is 0.352 e. The molecular weight excluding hydrogens is 102 g/mol. The average Bonchev–Trinajstić information content (AvgIpc) is 1.30. The highest BCUT2D eigenvalue weighted by Gasteiger charge is 2.19. The molecule has 0 unspecified atom stereocenters. The molecule has 0 amide bonds. The maximum absolute atomic E-state index is 11.5. The van der Waals surface area contributed by atoms with Crippen LogP contribution in [0.25, 0.3) is 0 Å². The molecule has 43 valence electrons. The Morgan fingerprint density at radius 2 is 2.14 bits per heavy atom. The van der Waals surface area contributed by atoms with E-state index in [9.17, 15) is 8.78 Å². The number of hydrogen-bond acceptors (Lipinski definition) is 1. The molecule has 0 aromatic carbocycles. The largest absolute Gasteiger partial charge is 0.352 e. The van der Waals surface area contributed by atoms with Crippen LogP contribution in [-0.2, 0) is 4.74 Å². The van der Waals surface area contributed by atoms with Crippen LogP contribution in [0.2, 0.25) is 0 Å². The Balaban J connectivity index is 3.15. The highest BCUT2D eigenvalue weighted by atomic mass is 19.3. The summed E-state index contributed by atoms with van der Waals surface area (Å²) in [6, 6.07) is 0. The topological polar surface area (TPSA) is 9.23 Å². The summed E-state index contributed by atoms with van der Waals surface area (Å²) in [6.07, 6.45) is -3.01. The Kier molecular flexibility index (Phi) is 2.15. The van der Waals surface area contributed by atoms with E-state index >= 15 is 0 Å². The molecule has 7 heavy (non-hydrogen) atoms. The van der Waals surface area contributed by atoms with Crippen LogP contribution in [0.5, 0.6) is 0 Å². The highest BCUT2D eigenvalue weighted by molar-refractivity contribution is 4.39. The Morgan fingerprint density at radius 1 is 1.71 bits per heavy atom. The van der Waals surface area contributed by atoms with Gasteiger partial charge in [0.2, 0.25) is 0 Å². The zero-order chi connectivity index (χ0) is 5.91. The van der Waals surface area contributed by atoms with Crippen molar-refractivity contribution >= 4 is 0 Å². The Labute approximate surface area is 41.3 Å². The number of halogens is 2. The van der Waals surface area contributed by atoms with E-state index in [1.165, 1.54) is 0 Å². The highest BCUT2D eigenvalue weighted by Crippen LogP contribution is 2.11. The van der Waals surface area contributed by atoms with Crippen molar-refractivity contribution in [3.05, 3.63) is 6.92 Å². The fourth-order valence-electron chi connectivity index (χ4n) is 0.179. The lowest BCUT2D eigenvalue weighted by atomic mass is 10.7. The quantitative estimate of drug-likeness (QED) is 0.521. The molecule has 0 saturated carbocycles. The molecule has 0 aromatic rings. The van der Waals surface area contributed by atoms with Gasteiger partial charge in [-0.1, -0.05) is 0 Å². The fraction of sp³-hybridized carbons (Fsp3) is 0.750. The van der Waals surface area contributed by atoms with Crippen molar-refractivity contribution < 1.29 is 13.5 Å².